The predicted molar refractivity (Wildman–Crippen MR) is 92.0 cm³/mol. The number of hydrogen-bond acceptors (Lipinski definition) is 2. The number of hydrogen-bond donors (Lipinski definition) is 2. The van der Waals surface area contributed by atoms with Crippen LogP contribution >= 0.6 is 22.6 Å². The third-order valence-corrected chi connectivity index (χ3v) is 3.62. The number of benzene rings is 2. The van der Waals surface area contributed by atoms with Crippen LogP contribution in [0.15, 0.2) is 42.5 Å². The third kappa shape index (κ3) is 4.23. The van der Waals surface area contributed by atoms with Gasteiger partial charge in [-0.2, -0.15) is 0 Å². The summed E-state index contributed by atoms with van der Waals surface area (Å²) in [5.41, 5.74) is 4.40. The van der Waals surface area contributed by atoms with Crippen molar-refractivity contribution in [1.82, 2.24) is 0 Å². The largest absolute Gasteiger partial charge is 0.381 e. The Balaban J connectivity index is 1.98. The van der Waals surface area contributed by atoms with E-state index in [1.54, 1.807) is 0 Å². The fourth-order valence-corrected chi connectivity index (χ4v) is 2.58. The van der Waals surface area contributed by atoms with Gasteiger partial charge in [-0.25, -0.2) is 0 Å². The van der Waals surface area contributed by atoms with E-state index in [9.17, 15) is 4.79 Å². The van der Waals surface area contributed by atoms with Gasteiger partial charge in [-0.15, -0.1) is 0 Å². The Hall–Kier alpha value is -1.56. The molecule has 2 aromatic rings. The molecule has 0 bridgehead atoms. The highest BCUT2D eigenvalue weighted by molar-refractivity contribution is 14.1. The molecule has 0 atom stereocenters. The van der Waals surface area contributed by atoms with Crippen LogP contribution in [-0.4, -0.2) is 5.91 Å². The van der Waals surface area contributed by atoms with Crippen LogP contribution in [0.2, 0.25) is 0 Å². The number of carbonyl (C=O) groups is 1. The Morgan fingerprint density at radius 2 is 1.85 bits per heavy atom. The number of amides is 1. The maximum Gasteiger partial charge on any atom is 0.221 e. The molecule has 1 amide bonds. The molecule has 0 aliphatic carbocycles. The lowest BCUT2D eigenvalue weighted by Gasteiger charge is -2.10. The molecule has 0 aliphatic rings. The number of nitrogens with one attached hydrogen (secondary N) is 2. The smallest absolute Gasteiger partial charge is 0.221 e. The zero-order chi connectivity index (χ0) is 14.5. The third-order valence-electron chi connectivity index (χ3n) is 2.95. The molecule has 2 rings (SSSR count). The second-order valence-electron chi connectivity index (χ2n) is 4.69. The highest BCUT2D eigenvalue weighted by Crippen LogP contribution is 2.19. The van der Waals surface area contributed by atoms with Gasteiger partial charge in [0.1, 0.15) is 0 Å². The number of anilines is 2. The summed E-state index contributed by atoms with van der Waals surface area (Å²) in [6.07, 6.45) is 0. The van der Waals surface area contributed by atoms with Gasteiger partial charge >= 0.3 is 0 Å². The molecule has 2 aromatic carbocycles. The quantitative estimate of drug-likeness (QED) is 0.782. The summed E-state index contributed by atoms with van der Waals surface area (Å²) in [5.74, 6) is -0.0506. The van der Waals surface area contributed by atoms with Crippen LogP contribution in [0.5, 0.6) is 0 Å². The highest BCUT2D eigenvalue weighted by Gasteiger charge is 2.00. The van der Waals surface area contributed by atoms with Gasteiger partial charge in [-0.05, 0) is 71.0 Å². The van der Waals surface area contributed by atoms with E-state index >= 15 is 0 Å². The second kappa shape index (κ2) is 6.74. The predicted octanol–water partition coefficient (Wildman–Crippen LogP) is 4.17. The van der Waals surface area contributed by atoms with Gasteiger partial charge in [0.05, 0.1) is 0 Å². The number of carbonyl (C=O) groups excluding carboxylic acids is 1. The van der Waals surface area contributed by atoms with Gasteiger partial charge in [-0.3, -0.25) is 4.79 Å². The Kier molecular flexibility index (Phi) is 5.00. The summed E-state index contributed by atoms with van der Waals surface area (Å²) in [6.45, 7) is 4.38. The molecule has 0 aromatic heterocycles. The molecule has 0 aliphatic heterocycles. The molecule has 0 saturated carbocycles. The van der Waals surface area contributed by atoms with Gasteiger partial charge < -0.3 is 10.6 Å². The average Bonchev–Trinajstić information content (AvgIpc) is 2.39. The Labute approximate surface area is 132 Å². The van der Waals surface area contributed by atoms with E-state index in [1.165, 1.54) is 21.6 Å². The fraction of sp³-hybridized carbons (Fsp3) is 0.188. The Bertz CT molecular complexity index is 608. The summed E-state index contributed by atoms with van der Waals surface area (Å²) in [7, 11) is 0. The lowest BCUT2D eigenvalue weighted by atomic mass is 10.1. The van der Waals surface area contributed by atoms with Crippen molar-refractivity contribution in [3.05, 3.63) is 57.2 Å². The molecule has 0 saturated heterocycles. The van der Waals surface area contributed by atoms with Crippen molar-refractivity contribution in [2.45, 2.75) is 20.4 Å². The summed E-state index contributed by atoms with van der Waals surface area (Å²) < 4.78 is 1.24. The van der Waals surface area contributed by atoms with Crippen molar-refractivity contribution >= 4 is 39.9 Å². The van der Waals surface area contributed by atoms with E-state index in [2.05, 4.69) is 58.3 Å². The van der Waals surface area contributed by atoms with Crippen LogP contribution in [0, 0.1) is 10.5 Å². The van der Waals surface area contributed by atoms with Gasteiger partial charge in [-0.1, -0.05) is 12.1 Å². The molecule has 0 heterocycles. The summed E-state index contributed by atoms with van der Waals surface area (Å²) >= 11 is 2.31. The number of aryl methyl sites for hydroxylation is 1. The first-order valence-corrected chi connectivity index (χ1v) is 7.49. The average molecular weight is 380 g/mol. The topological polar surface area (TPSA) is 41.1 Å². The molecule has 3 nitrogen and oxygen atoms in total. The standard InChI is InChI=1S/C16H17IN2O/c1-11-9-14(17)5-8-16(11)18-10-13-3-6-15(7-4-13)19-12(2)20/h3-9,18H,10H2,1-2H3,(H,19,20). The van der Waals surface area contributed by atoms with E-state index < -0.39 is 0 Å². The minimum atomic E-state index is -0.0506. The maximum atomic E-state index is 10.9. The molecule has 0 radical (unpaired) electrons. The van der Waals surface area contributed by atoms with E-state index in [-0.39, 0.29) is 5.91 Å². The van der Waals surface area contributed by atoms with Crippen molar-refractivity contribution in [2.75, 3.05) is 10.6 Å². The molecule has 0 fully saturated rings. The summed E-state index contributed by atoms with van der Waals surface area (Å²) in [4.78, 5) is 10.9. The molecule has 20 heavy (non-hydrogen) atoms. The highest BCUT2D eigenvalue weighted by atomic mass is 127. The van der Waals surface area contributed by atoms with Crippen molar-refractivity contribution < 1.29 is 4.79 Å². The van der Waals surface area contributed by atoms with E-state index in [0.29, 0.717) is 0 Å². The lowest BCUT2D eigenvalue weighted by Crippen LogP contribution is -2.06. The van der Waals surface area contributed by atoms with Crippen LogP contribution < -0.4 is 10.6 Å². The first-order chi connectivity index (χ1) is 9.54. The van der Waals surface area contributed by atoms with E-state index in [0.717, 1.165) is 17.9 Å². The molecule has 0 unspecified atom stereocenters. The first kappa shape index (κ1) is 14.8. The number of halogens is 1. The normalized spacial score (nSPS) is 10.2. The first-order valence-electron chi connectivity index (χ1n) is 6.41. The van der Waals surface area contributed by atoms with Crippen molar-refractivity contribution in [3.63, 3.8) is 0 Å². The maximum absolute atomic E-state index is 10.9. The van der Waals surface area contributed by atoms with Crippen LogP contribution in [0.3, 0.4) is 0 Å². The fourth-order valence-electron chi connectivity index (χ4n) is 1.93. The van der Waals surface area contributed by atoms with Crippen LogP contribution in [0.1, 0.15) is 18.1 Å². The molecular formula is C16H17IN2O. The van der Waals surface area contributed by atoms with Gasteiger partial charge in [0.2, 0.25) is 5.91 Å². The van der Waals surface area contributed by atoms with Crippen LogP contribution in [-0.2, 0) is 11.3 Å². The zero-order valence-corrected chi connectivity index (χ0v) is 13.7. The number of rotatable bonds is 4. The molecule has 4 heteroatoms. The molecular weight excluding hydrogens is 363 g/mol. The summed E-state index contributed by atoms with van der Waals surface area (Å²) in [5, 5.41) is 6.19. The van der Waals surface area contributed by atoms with Crippen molar-refractivity contribution in [1.29, 1.82) is 0 Å². The Morgan fingerprint density at radius 1 is 1.15 bits per heavy atom. The van der Waals surface area contributed by atoms with E-state index in [4.69, 9.17) is 0 Å². The van der Waals surface area contributed by atoms with Gasteiger partial charge in [0.15, 0.2) is 0 Å². The van der Waals surface area contributed by atoms with Crippen molar-refractivity contribution in [2.24, 2.45) is 0 Å². The lowest BCUT2D eigenvalue weighted by molar-refractivity contribution is -0.114. The Morgan fingerprint density at radius 3 is 2.45 bits per heavy atom. The van der Waals surface area contributed by atoms with Gasteiger partial charge in [0.25, 0.3) is 0 Å². The monoisotopic (exact) mass is 380 g/mol. The molecule has 2 N–H and O–H groups in total. The van der Waals surface area contributed by atoms with Crippen LogP contribution in [0.4, 0.5) is 11.4 Å². The second-order valence-corrected chi connectivity index (χ2v) is 5.94. The minimum absolute atomic E-state index is 0.0506. The zero-order valence-electron chi connectivity index (χ0n) is 11.5. The minimum Gasteiger partial charge on any atom is -0.381 e. The van der Waals surface area contributed by atoms with Gasteiger partial charge in [0, 0.05) is 28.4 Å². The van der Waals surface area contributed by atoms with Crippen molar-refractivity contribution in [3.8, 4) is 0 Å². The SMILES string of the molecule is CC(=O)Nc1ccc(CNc2ccc(I)cc2C)cc1. The molecule has 0 spiro atoms. The molecule has 104 valence electrons. The van der Waals surface area contributed by atoms with Crippen LogP contribution in [0.25, 0.3) is 0 Å². The van der Waals surface area contributed by atoms with E-state index in [1.807, 2.05) is 24.3 Å². The summed E-state index contributed by atoms with van der Waals surface area (Å²) in [6, 6.07) is 14.2.